The van der Waals surface area contributed by atoms with Gasteiger partial charge in [-0.2, -0.15) is 0 Å². The number of para-hydroxylation sites is 1. The van der Waals surface area contributed by atoms with Gasteiger partial charge in [0, 0.05) is 16.1 Å². The van der Waals surface area contributed by atoms with E-state index in [1.165, 1.54) is 0 Å². The zero-order valence-corrected chi connectivity index (χ0v) is 15.7. The van der Waals surface area contributed by atoms with Gasteiger partial charge in [-0.3, -0.25) is 9.56 Å². The first-order chi connectivity index (χ1) is 13.3. The first-order valence-corrected chi connectivity index (χ1v) is 9.31. The summed E-state index contributed by atoms with van der Waals surface area (Å²) in [6, 6.07) is 16.0. The van der Waals surface area contributed by atoms with Crippen molar-refractivity contribution in [1.29, 1.82) is 0 Å². The predicted octanol–water partition coefficient (Wildman–Crippen LogP) is 3.94. The first-order valence-electron chi connectivity index (χ1n) is 8.93. The number of aromatic nitrogens is 3. The molecule has 27 heavy (non-hydrogen) atoms. The van der Waals surface area contributed by atoms with Crippen molar-refractivity contribution in [3.8, 4) is 5.69 Å². The van der Waals surface area contributed by atoms with E-state index in [1.54, 1.807) is 0 Å². The van der Waals surface area contributed by atoms with Gasteiger partial charge in [0.1, 0.15) is 6.54 Å². The molecule has 0 radical (unpaired) electrons. The second kappa shape index (κ2) is 7.86. The summed E-state index contributed by atoms with van der Waals surface area (Å²) in [5.74, 6) is 1.70. The van der Waals surface area contributed by atoms with E-state index < -0.39 is 0 Å². The van der Waals surface area contributed by atoms with Crippen molar-refractivity contribution in [3.05, 3.63) is 89.0 Å². The zero-order valence-electron chi connectivity index (χ0n) is 14.9. The molecule has 1 aromatic heterocycles. The topological polar surface area (TPSA) is 55.1 Å². The summed E-state index contributed by atoms with van der Waals surface area (Å²) in [7, 11) is 0. The van der Waals surface area contributed by atoms with Crippen LogP contribution in [0.15, 0.2) is 66.2 Å². The summed E-state index contributed by atoms with van der Waals surface area (Å²) in [4.78, 5) is 4.84. The maximum Gasteiger partial charge on any atom is 0.159 e. The Morgan fingerprint density at radius 3 is 2.67 bits per heavy atom. The molecule has 6 heteroatoms. The van der Waals surface area contributed by atoms with Gasteiger partial charge >= 0.3 is 0 Å². The normalized spacial score (nSPS) is 12.7. The van der Waals surface area contributed by atoms with Crippen LogP contribution in [0.4, 0.5) is 0 Å². The van der Waals surface area contributed by atoms with Crippen molar-refractivity contribution in [2.24, 2.45) is 4.99 Å². The van der Waals surface area contributed by atoms with Gasteiger partial charge in [-0.05, 0) is 25.1 Å². The van der Waals surface area contributed by atoms with Gasteiger partial charge < -0.3 is 5.32 Å². The second-order valence-corrected chi connectivity index (χ2v) is 6.69. The Kier molecular flexibility index (Phi) is 5.14. The average molecular weight is 378 g/mol. The second-order valence-electron chi connectivity index (χ2n) is 6.28. The fraction of sp³-hybridized carbons (Fsp3) is 0.190. The number of hydrogen-bond acceptors (Lipinski definition) is 4. The Morgan fingerprint density at radius 1 is 1.07 bits per heavy atom. The van der Waals surface area contributed by atoms with Crippen LogP contribution in [0.25, 0.3) is 5.69 Å². The highest BCUT2D eigenvalue weighted by Crippen LogP contribution is 2.28. The van der Waals surface area contributed by atoms with Crippen LogP contribution in [-0.2, 0) is 13.1 Å². The van der Waals surface area contributed by atoms with Gasteiger partial charge in [0.15, 0.2) is 11.6 Å². The van der Waals surface area contributed by atoms with Crippen molar-refractivity contribution < 1.29 is 0 Å². The molecule has 1 aliphatic rings. The van der Waals surface area contributed by atoms with Gasteiger partial charge in [-0.25, -0.2) is 0 Å². The lowest BCUT2D eigenvalue weighted by Gasteiger charge is -2.14. The number of rotatable bonds is 6. The highest BCUT2D eigenvalue weighted by Gasteiger charge is 2.23. The van der Waals surface area contributed by atoms with Gasteiger partial charge in [0.2, 0.25) is 0 Å². The summed E-state index contributed by atoms with van der Waals surface area (Å²) < 4.78 is 2.10. The minimum atomic E-state index is 0.453. The third kappa shape index (κ3) is 3.44. The summed E-state index contributed by atoms with van der Waals surface area (Å²) in [6.07, 6.45) is 2.81. The molecule has 0 saturated carbocycles. The van der Waals surface area contributed by atoms with Crippen LogP contribution < -0.4 is 5.32 Å². The van der Waals surface area contributed by atoms with E-state index in [1.807, 2.05) is 42.5 Å². The minimum Gasteiger partial charge on any atom is -0.310 e. The van der Waals surface area contributed by atoms with Crippen LogP contribution in [-0.4, -0.2) is 27.0 Å². The summed E-state index contributed by atoms with van der Waals surface area (Å²) >= 11 is 6.46. The monoisotopic (exact) mass is 377 g/mol. The molecular formula is C21H20ClN5. The minimum absolute atomic E-state index is 0.453. The first kappa shape index (κ1) is 17.6. The molecule has 0 aliphatic carbocycles. The molecule has 1 N–H and O–H groups in total. The van der Waals surface area contributed by atoms with Crippen LogP contribution in [0, 0.1) is 0 Å². The Morgan fingerprint density at radius 2 is 1.85 bits per heavy atom. The summed E-state index contributed by atoms with van der Waals surface area (Å²) in [5, 5.41) is 12.8. The molecule has 0 saturated heterocycles. The van der Waals surface area contributed by atoms with E-state index >= 15 is 0 Å². The van der Waals surface area contributed by atoms with Gasteiger partial charge in [0.25, 0.3) is 0 Å². The maximum absolute atomic E-state index is 6.46. The van der Waals surface area contributed by atoms with E-state index in [0.717, 1.165) is 47.1 Å². The van der Waals surface area contributed by atoms with E-state index in [0.29, 0.717) is 18.1 Å². The molecule has 0 amide bonds. The maximum atomic E-state index is 6.46. The molecule has 5 nitrogen and oxygen atoms in total. The van der Waals surface area contributed by atoms with Crippen LogP contribution in [0.3, 0.4) is 0 Å². The smallest absolute Gasteiger partial charge is 0.159 e. The lowest BCUT2D eigenvalue weighted by atomic mass is 10.0. The largest absolute Gasteiger partial charge is 0.310 e. The quantitative estimate of drug-likeness (QED) is 0.523. The van der Waals surface area contributed by atoms with Crippen molar-refractivity contribution in [2.45, 2.75) is 19.5 Å². The van der Waals surface area contributed by atoms with Crippen molar-refractivity contribution in [1.82, 2.24) is 20.1 Å². The summed E-state index contributed by atoms with van der Waals surface area (Å²) in [6.45, 7) is 5.70. The highest BCUT2D eigenvalue weighted by atomic mass is 35.5. The number of benzene rings is 2. The van der Waals surface area contributed by atoms with Gasteiger partial charge in [-0.1, -0.05) is 54.1 Å². The Bertz CT molecular complexity index is 1010. The van der Waals surface area contributed by atoms with Crippen molar-refractivity contribution >= 4 is 17.3 Å². The molecule has 2 aromatic carbocycles. The van der Waals surface area contributed by atoms with Crippen molar-refractivity contribution in [3.63, 3.8) is 0 Å². The molecule has 0 bridgehead atoms. The van der Waals surface area contributed by atoms with Crippen LogP contribution >= 0.6 is 11.6 Å². The van der Waals surface area contributed by atoms with E-state index in [2.05, 4.69) is 38.8 Å². The molecular weight excluding hydrogens is 358 g/mol. The van der Waals surface area contributed by atoms with Crippen LogP contribution in [0.1, 0.15) is 29.2 Å². The molecule has 0 atom stereocenters. The lowest BCUT2D eigenvalue weighted by molar-refractivity contribution is 0.653. The third-order valence-electron chi connectivity index (χ3n) is 4.51. The van der Waals surface area contributed by atoms with Crippen molar-refractivity contribution in [2.75, 3.05) is 6.54 Å². The molecule has 3 aromatic rings. The molecule has 0 fully saturated rings. The fourth-order valence-corrected chi connectivity index (χ4v) is 3.47. The predicted molar refractivity (Wildman–Crippen MR) is 109 cm³/mol. The SMILES string of the molecule is C=CCCNCc1nnc2n1-c1ccccc1C(c1ccccc1Cl)=NC2. The van der Waals surface area contributed by atoms with Crippen LogP contribution in [0.2, 0.25) is 5.02 Å². The number of halogens is 1. The van der Waals surface area contributed by atoms with E-state index in [-0.39, 0.29) is 0 Å². The fourth-order valence-electron chi connectivity index (χ4n) is 3.24. The molecule has 136 valence electrons. The van der Waals surface area contributed by atoms with E-state index in [4.69, 9.17) is 16.6 Å². The number of nitrogens with one attached hydrogen (secondary N) is 1. The number of aliphatic imine (C=N–C) groups is 1. The highest BCUT2D eigenvalue weighted by molar-refractivity contribution is 6.35. The zero-order chi connectivity index (χ0) is 18.6. The third-order valence-corrected chi connectivity index (χ3v) is 4.84. The van der Waals surface area contributed by atoms with E-state index in [9.17, 15) is 0 Å². The Hall–Kier alpha value is -2.76. The molecule has 2 heterocycles. The lowest BCUT2D eigenvalue weighted by Crippen LogP contribution is -2.18. The molecule has 0 spiro atoms. The van der Waals surface area contributed by atoms with Gasteiger partial charge in [-0.15, -0.1) is 16.8 Å². The number of hydrogen-bond donors (Lipinski definition) is 1. The number of fused-ring (bicyclic) bond motifs is 3. The molecule has 0 unspecified atom stereocenters. The Balaban J connectivity index is 1.77. The Labute approximate surface area is 163 Å². The molecule has 1 aliphatic heterocycles. The number of nitrogens with zero attached hydrogens (tertiary/aromatic N) is 4. The standard InChI is InChI=1S/C21H20ClN5/c1-2-3-12-23-13-19-25-26-20-14-24-21(15-8-4-6-10-17(15)22)16-9-5-7-11-18(16)27(19)20/h2,4-11,23H,1,3,12-14H2. The van der Waals surface area contributed by atoms with Crippen LogP contribution in [0.5, 0.6) is 0 Å². The van der Waals surface area contributed by atoms with Gasteiger partial charge in [0.05, 0.1) is 17.9 Å². The summed E-state index contributed by atoms with van der Waals surface area (Å²) in [5.41, 5.74) is 3.86. The average Bonchev–Trinajstić information content (AvgIpc) is 3.02. The molecule has 4 rings (SSSR count).